The Morgan fingerprint density at radius 2 is 0.776 bits per heavy atom. The van der Waals surface area contributed by atoms with E-state index < -0.39 is 6.10 Å². The fourth-order valence-corrected chi connectivity index (χ4v) is 6.85. The Balaban J connectivity index is 4.24. The van der Waals surface area contributed by atoms with Crippen molar-refractivity contribution in [1.82, 2.24) is 0 Å². The number of esters is 2. The highest BCUT2D eigenvalue weighted by Gasteiger charge is 2.17. The molecule has 0 aliphatic rings. The highest BCUT2D eigenvalue weighted by Crippen LogP contribution is 2.14. The molecule has 0 aromatic rings. The maximum Gasteiger partial charge on any atom is 0.306 e. The molecule has 0 bridgehead atoms. The summed E-state index contributed by atoms with van der Waals surface area (Å²) in [6.07, 6.45) is 60.8. The molecule has 0 saturated heterocycles. The highest BCUT2D eigenvalue weighted by atomic mass is 16.6. The van der Waals surface area contributed by atoms with Crippen LogP contribution in [0, 0.1) is 0 Å². The van der Waals surface area contributed by atoms with E-state index in [0.717, 1.165) is 83.5 Å². The second kappa shape index (κ2) is 49.0. The van der Waals surface area contributed by atoms with Gasteiger partial charge in [-0.25, -0.2) is 0 Å². The molecule has 58 heavy (non-hydrogen) atoms. The summed E-state index contributed by atoms with van der Waals surface area (Å²) < 4.78 is 17.3. The lowest BCUT2D eigenvalue weighted by atomic mass is 10.1. The van der Waals surface area contributed by atoms with E-state index in [9.17, 15) is 9.59 Å². The number of ether oxygens (including phenoxy) is 3. The zero-order valence-corrected chi connectivity index (χ0v) is 38.6. The van der Waals surface area contributed by atoms with Gasteiger partial charge >= 0.3 is 11.9 Å². The Kier molecular flexibility index (Phi) is 46.9. The molecule has 0 aromatic heterocycles. The Morgan fingerprint density at radius 1 is 0.397 bits per heavy atom. The molecule has 336 valence electrons. The molecule has 0 spiro atoms. The number of carbonyl (C=O) groups excluding carboxylic acids is 2. The first-order valence-electron chi connectivity index (χ1n) is 24.8. The van der Waals surface area contributed by atoms with Gasteiger partial charge in [0.05, 0.1) is 6.61 Å². The van der Waals surface area contributed by atoms with Gasteiger partial charge in [0.2, 0.25) is 0 Å². The first-order valence-corrected chi connectivity index (χ1v) is 24.8. The van der Waals surface area contributed by atoms with Crippen molar-refractivity contribution in [3.05, 3.63) is 60.8 Å². The molecule has 0 aliphatic carbocycles. The van der Waals surface area contributed by atoms with Crippen LogP contribution in [0.25, 0.3) is 0 Å². The van der Waals surface area contributed by atoms with Crippen molar-refractivity contribution in [3.63, 3.8) is 0 Å². The first kappa shape index (κ1) is 55.6. The van der Waals surface area contributed by atoms with E-state index >= 15 is 0 Å². The Hall–Kier alpha value is -2.40. The van der Waals surface area contributed by atoms with Crippen LogP contribution >= 0.6 is 0 Å². The summed E-state index contributed by atoms with van der Waals surface area (Å²) in [5.41, 5.74) is 0. The van der Waals surface area contributed by atoms with Crippen LogP contribution in [0.4, 0.5) is 0 Å². The second-order valence-electron chi connectivity index (χ2n) is 16.3. The van der Waals surface area contributed by atoms with Crippen molar-refractivity contribution in [1.29, 1.82) is 0 Å². The van der Waals surface area contributed by atoms with Crippen LogP contribution in [-0.4, -0.2) is 37.9 Å². The molecule has 0 rings (SSSR count). The molecule has 5 heteroatoms. The zero-order valence-electron chi connectivity index (χ0n) is 38.6. The van der Waals surface area contributed by atoms with Crippen molar-refractivity contribution in [3.8, 4) is 0 Å². The van der Waals surface area contributed by atoms with Crippen molar-refractivity contribution in [2.45, 2.75) is 245 Å². The minimum Gasteiger partial charge on any atom is -0.462 e. The van der Waals surface area contributed by atoms with E-state index in [2.05, 4.69) is 81.5 Å². The lowest BCUT2D eigenvalue weighted by molar-refractivity contribution is -0.163. The number of unbranched alkanes of at least 4 members (excludes halogenated alkanes) is 24. The summed E-state index contributed by atoms with van der Waals surface area (Å²) in [6, 6.07) is 0. The van der Waals surface area contributed by atoms with Gasteiger partial charge in [-0.2, -0.15) is 0 Å². The molecule has 0 heterocycles. The van der Waals surface area contributed by atoms with Gasteiger partial charge in [-0.05, 0) is 83.5 Å². The Labute approximate surface area is 360 Å². The molecule has 1 atom stereocenters. The van der Waals surface area contributed by atoms with Crippen LogP contribution in [0.15, 0.2) is 60.8 Å². The number of allylic oxidation sites excluding steroid dienone is 10. The number of carbonyl (C=O) groups is 2. The molecule has 0 radical (unpaired) electrons. The topological polar surface area (TPSA) is 61.8 Å². The van der Waals surface area contributed by atoms with Crippen LogP contribution in [0.1, 0.15) is 239 Å². The van der Waals surface area contributed by atoms with E-state index in [-0.39, 0.29) is 25.2 Å². The van der Waals surface area contributed by atoms with E-state index in [4.69, 9.17) is 14.2 Å². The SMILES string of the molecule is CC/C=C\C/C=C\C/C=C\C/C=C\CCCCCCCOCC(COC(=O)CCCCCCC/C=C\CCCCCCCC)OC(=O)CCCCCCCCCCC. The molecular formula is C53H94O5. The molecule has 0 amide bonds. The normalized spacial score (nSPS) is 12.7. The summed E-state index contributed by atoms with van der Waals surface area (Å²) in [7, 11) is 0. The predicted octanol–water partition coefficient (Wildman–Crippen LogP) is 16.6. The maximum absolute atomic E-state index is 12.7. The number of hydrogen-bond acceptors (Lipinski definition) is 5. The van der Waals surface area contributed by atoms with Gasteiger partial charge in [-0.1, -0.05) is 204 Å². The van der Waals surface area contributed by atoms with Crippen molar-refractivity contribution >= 4 is 11.9 Å². The molecule has 0 saturated carbocycles. The Morgan fingerprint density at radius 3 is 1.26 bits per heavy atom. The van der Waals surface area contributed by atoms with E-state index in [0.29, 0.717) is 19.4 Å². The maximum atomic E-state index is 12.7. The lowest BCUT2D eigenvalue weighted by Crippen LogP contribution is -2.30. The molecule has 0 aliphatic heterocycles. The van der Waals surface area contributed by atoms with E-state index in [1.54, 1.807) is 0 Å². The lowest BCUT2D eigenvalue weighted by Gasteiger charge is -2.18. The van der Waals surface area contributed by atoms with Gasteiger partial charge < -0.3 is 14.2 Å². The van der Waals surface area contributed by atoms with Crippen LogP contribution in [0.2, 0.25) is 0 Å². The number of hydrogen-bond donors (Lipinski definition) is 0. The third kappa shape index (κ3) is 46.3. The van der Waals surface area contributed by atoms with Crippen molar-refractivity contribution in [2.24, 2.45) is 0 Å². The van der Waals surface area contributed by atoms with Gasteiger partial charge in [0.15, 0.2) is 6.10 Å². The quantitative estimate of drug-likeness (QED) is 0.0348. The third-order valence-corrected chi connectivity index (χ3v) is 10.5. The van der Waals surface area contributed by atoms with E-state index in [1.807, 2.05) is 0 Å². The zero-order chi connectivity index (χ0) is 42.1. The largest absolute Gasteiger partial charge is 0.462 e. The molecule has 0 aromatic carbocycles. The van der Waals surface area contributed by atoms with Gasteiger partial charge in [0, 0.05) is 19.4 Å². The molecule has 5 nitrogen and oxygen atoms in total. The average molecular weight is 811 g/mol. The standard InChI is InChI=1S/C53H94O5/c1-4-7-10-13-16-19-21-23-25-26-27-29-31-33-36-39-42-45-48-56-49-51(58-53(55)47-44-41-38-34-18-15-12-9-6-3)50-57-52(54)46-43-40-37-35-32-30-28-24-22-20-17-14-11-8-5-2/h7,10,16,19,23-25,27-29,51H,4-6,8-9,11-15,17-18,20-22,26,30-50H2,1-3H3/b10-7-,19-16-,25-23-,28-24-,29-27-. The van der Waals surface area contributed by atoms with Gasteiger partial charge in [0.1, 0.15) is 6.61 Å². The fourth-order valence-electron chi connectivity index (χ4n) is 6.85. The van der Waals surface area contributed by atoms with Gasteiger partial charge in [-0.3, -0.25) is 9.59 Å². The third-order valence-electron chi connectivity index (χ3n) is 10.5. The fraction of sp³-hybridized carbons (Fsp3) is 0.774. The second-order valence-corrected chi connectivity index (χ2v) is 16.3. The minimum absolute atomic E-state index is 0.0741. The predicted molar refractivity (Wildman–Crippen MR) is 251 cm³/mol. The minimum atomic E-state index is -0.546. The molecule has 1 unspecified atom stereocenters. The molecule has 0 fully saturated rings. The summed E-state index contributed by atoms with van der Waals surface area (Å²) in [4.78, 5) is 25.3. The monoisotopic (exact) mass is 811 g/mol. The van der Waals surface area contributed by atoms with Crippen LogP contribution in [-0.2, 0) is 23.8 Å². The van der Waals surface area contributed by atoms with Crippen molar-refractivity contribution in [2.75, 3.05) is 19.8 Å². The van der Waals surface area contributed by atoms with E-state index in [1.165, 1.54) is 122 Å². The smallest absolute Gasteiger partial charge is 0.306 e. The summed E-state index contributed by atoms with van der Waals surface area (Å²) in [6.45, 7) is 7.66. The van der Waals surface area contributed by atoms with Gasteiger partial charge in [-0.15, -0.1) is 0 Å². The first-order chi connectivity index (χ1) is 28.6. The van der Waals surface area contributed by atoms with Crippen LogP contribution < -0.4 is 0 Å². The average Bonchev–Trinajstić information content (AvgIpc) is 3.22. The van der Waals surface area contributed by atoms with Crippen LogP contribution in [0.3, 0.4) is 0 Å². The van der Waals surface area contributed by atoms with Crippen molar-refractivity contribution < 1.29 is 23.8 Å². The van der Waals surface area contributed by atoms with Gasteiger partial charge in [0.25, 0.3) is 0 Å². The molecule has 0 N–H and O–H groups in total. The molecular weight excluding hydrogens is 717 g/mol. The summed E-state index contributed by atoms with van der Waals surface area (Å²) >= 11 is 0. The van der Waals surface area contributed by atoms with Crippen LogP contribution in [0.5, 0.6) is 0 Å². The summed E-state index contributed by atoms with van der Waals surface area (Å²) in [5.74, 6) is -0.416. The number of rotatable bonds is 45. The Bertz CT molecular complexity index is 1010. The summed E-state index contributed by atoms with van der Waals surface area (Å²) in [5, 5.41) is 0. The highest BCUT2D eigenvalue weighted by molar-refractivity contribution is 5.70.